The van der Waals surface area contributed by atoms with E-state index in [9.17, 15) is 4.79 Å². The summed E-state index contributed by atoms with van der Waals surface area (Å²) in [6, 6.07) is 5.94. The molecule has 2 rings (SSSR count). The monoisotopic (exact) mass is 269 g/mol. The first-order valence-electron chi connectivity index (χ1n) is 4.73. The molecule has 0 bridgehead atoms. The van der Waals surface area contributed by atoms with Gasteiger partial charge in [0.15, 0.2) is 0 Å². The van der Waals surface area contributed by atoms with Gasteiger partial charge in [0.2, 0.25) is 5.91 Å². The number of hydrogen-bond acceptors (Lipinski definition) is 3. The second-order valence-electron chi connectivity index (χ2n) is 3.56. The standard InChI is InChI=1S/C10H12BrN3O/c11-9-3-6(14-7-4-13-5-7)1-2-8(9)10(12)15/h1-3,7,13-14H,4-5H2,(H2,12,15). The van der Waals surface area contributed by atoms with Crippen LogP contribution in [0.25, 0.3) is 0 Å². The summed E-state index contributed by atoms with van der Waals surface area (Å²) in [6.45, 7) is 1.96. The van der Waals surface area contributed by atoms with Crippen molar-refractivity contribution in [2.24, 2.45) is 5.73 Å². The lowest BCUT2D eigenvalue weighted by molar-refractivity contribution is 0.0999. The summed E-state index contributed by atoms with van der Waals surface area (Å²) in [5.74, 6) is -0.418. The van der Waals surface area contributed by atoms with Crippen molar-refractivity contribution in [3.63, 3.8) is 0 Å². The number of halogens is 1. The number of primary amides is 1. The van der Waals surface area contributed by atoms with Crippen LogP contribution in [-0.4, -0.2) is 25.0 Å². The Morgan fingerprint density at radius 1 is 1.53 bits per heavy atom. The minimum atomic E-state index is -0.418. The number of anilines is 1. The van der Waals surface area contributed by atoms with Crippen molar-refractivity contribution in [1.29, 1.82) is 0 Å². The number of nitrogens with two attached hydrogens (primary N) is 1. The molecule has 0 saturated carbocycles. The third kappa shape index (κ3) is 2.30. The number of amides is 1. The second-order valence-corrected chi connectivity index (χ2v) is 4.41. The second kappa shape index (κ2) is 4.20. The van der Waals surface area contributed by atoms with Crippen LogP contribution in [0.1, 0.15) is 10.4 Å². The third-order valence-corrected chi connectivity index (χ3v) is 3.04. The molecule has 4 N–H and O–H groups in total. The van der Waals surface area contributed by atoms with Crippen LogP contribution in [0.5, 0.6) is 0 Å². The van der Waals surface area contributed by atoms with Gasteiger partial charge in [0.25, 0.3) is 0 Å². The molecule has 1 heterocycles. The highest BCUT2D eigenvalue weighted by molar-refractivity contribution is 9.10. The molecular formula is C10H12BrN3O. The molecular weight excluding hydrogens is 258 g/mol. The molecule has 0 spiro atoms. The van der Waals surface area contributed by atoms with Gasteiger partial charge in [-0.25, -0.2) is 0 Å². The van der Waals surface area contributed by atoms with Gasteiger partial charge in [-0.05, 0) is 34.1 Å². The molecule has 15 heavy (non-hydrogen) atoms. The van der Waals surface area contributed by atoms with Gasteiger partial charge in [0.05, 0.1) is 11.6 Å². The molecule has 1 amide bonds. The molecule has 4 nitrogen and oxygen atoms in total. The Labute approximate surface area is 96.4 Å². The topological polar surface area (TPSA) is 67.2 Å². The van der Waals surface area contributed by atoms with Crippen molar-refractivity contribution in [3.8, 4) is 0 Å². The minimum absolute atomic E-state index is 0.418. The lowest BCUT2D eigenvalue weighted by Crippen LogP contribution is -2.51. The molecule has 1 aromatic rings. The fourth-order valence-corrected chi connectivity index (χ4v) is 2.01. The van der Waals surface area contributed by atoms with Crippen LogP contribution in [0.2, 0.25) is 0 Å². The van der Waals surface area contributed by atoms with Crippen LogP contribution in [0.3, 0.4) is 0 Å². The van der Waals surface area contributed by atoms with E-state index in [2.05, 4.69) is 26.6 Å². The quantitative estimate of drug-likeness (QED) is 0.765. The van der Waals surface area contributed by atoms with Crippen LogP contribution in [-0.2, 0) is 0 Å². The van der Waals surface area contributed by atoms with Gasteiger partial charge < -0.3 is 16.4 Å². The van der Waals surface area contributed by atoms with Crippen molar-refractivity contribution in [1.82, 2.24) is 5.32 Å². The van der Waals surface area contributed by atoms with E-state index < -0.39 is 5.91 Å². The molecule has 1 aromatic carbocycles. The van der Waals surface area contributed by atoms with E-state index in [1.54, 1.807) is 6.07 Å². The first-order chi connectivity index (χ1) is 7.16. The van der Waals surface area contributed by atoms with E-state index in [1.165, 1.54) is 0 Å². The highest BCUT2D eigenvalue weighted by Gasteiger charge is 2.16. The van der Waals surface area contributed by atoms with Gasteiger partial charge in [0, 0.05) is 23.2 Å². The maximum atomic E-state index is 11.0. The van der Waals surface area contributed by atoms with Crippen LogP contribution in [0.4, 0.5) is 5.69 Å². The van der Waals surface area contributed by atoms with Gasteiger partial charge in [0.1, 0.15) is 0 Å². The molecule has 1 fully saturated rings. The van der Waals surface area contributed by atoms with Crippen molar-refractivity contribution in [2.45, 2.75) is 6.04 Å². The minimum Gasteiger partial charge on any atom is -0.380 e. The van der Waals surface area contributed by atoms with Crippen LogP contribution < -0.4 is 16.4 Å². The molecule has 80 valence electrons. The Bertz CT molecular complexity index is 390. The first-order valence-corrected chi connectivity index (χ1v) is 5.53. The molecule has 1 aliphatic heterocycles. The molecule has 0 aliphatic carbocycles. The fourth-order valence-electron chi connectivity index (χ4n) is 1.43. The smallest absolute Gasteiger partial charge is 0.249 e. The molecule has 1 saturated heterocycles. The average Bonchev–Trinajstić information content (AvgIpc) is 2.11. The maximum Gasteiger partial charge on any atom is 0.249 e. The Kier molecular flexibility index (Phi) is 2.93. The zero-order valence-corrected chi connectivity index (χ0v) is 9.67. The Morgan fingerprint density at radius 2 is 2.27 bits per heavy atom. The highest BCUT2D eigenvalue weighted by atomic mass is 79.9. The SMILES string of the molecule is NC(=O)c1ccc(NC2CNC2)cc1Br. The van der Waals surface area contributed by atoms with Gasteiger partial charge >= 0.3 is 0 Å². The van der Waals surface area contributed by atoms with E-state index >= 15 is 0 Å². The fraction of sp³-hybridized carbons (Fsp3) is 0.300. The number of rotatable bonds is 3. The van der Waals surface area contributed by atoms with Gasteiger partial charge in [-0.15, -0.1) is 0 Å². The van der Waals surface area contributed by atoms with E-state index in [0.717, 1.165) is 23.2 Å². The molecule has 0 aromatic heterocycles. The molecule has 0 unspecified atom stereocenters. The maximum absolute atomic E-state index is 11.0. The van der Waals surface area contributed by atoms with Crippen molar-refractivity contribution < 1.29 is 4.79 Å². The number of carbonyl (C=O) groups excluding carboxylic acids is 1. The zero-order chi connectivity index (χ0) is 10.8. The molecule has 0 radical (unpaired) electrons. The van der Waals surface area contributed by atoms with Crippen LogP contribution in [0, 0.1) is 0 Å². The summed E-state index contributed by atoms with van der Waals surface area (Å²) in [4.78, 5) is 11.0. The lowest BCUT2D eigenvalue weighted by Gasteiger charge is -2.29. The van der Waals surface area contributed by atoms with Gasteiger partial charge in [-0.3, -0.25) is 4.79 Å². The van der Waals surface area contributed by atoms with Crippen LogP contribution in [0.15, 0.2) is 22.7 Å². The van der Waals surface area contributed by atoms with E-state index in [1.807, 2.05) is 12.1 Å². The summed E-state index contributed by atoms with van der Waals surface area (Å²) >= 11 is 3.32. The summed E-state index contributed by atoms with van der Waals surface area (Å²) in [7, 11) is 0. The molecule has 0 atom stereocenters. The van der Waals surface area contributed by atoms with Gasteiger partial charge in [-0.2, -0.15) is 0 Å². The summed E-state index contributed by atoms with van der Waals surface area (Å²) in [5.41, 5.74) is 6.71. The first kappa shape index (κ1) is 10.4. The summed E-state index contributed by atoms with van der Waals surface area (Å²) in [5, 5.41) is 6.52. The number of hydrogen-bond donors (Lipinski definition) is 3. The predicted octanol–water partition coefficient (Wildman–Crippen LogP) is 0.932. The Morgan fingerprint density at radius 3 is 2.73 bits per heavy atom. The van der Waals surface area contributed by atoms with E-state index in [0.29, 0.717) is 11.6 Å². The summed E-state index contributed by atoms with van der Waals surface area (Å²) in [6.07, 6.45) is 0. The Balaban J connectivity index is 2.13. The third-order valence-electron chi connectivity index (χ3n) is 2.39. The predicted molar refractivity (Wildman–Crippen MR) is 62.9 cm³/mol. The Hall–Kier alpha value is -1.07. The number of benzene rings is 1. The average molecular weight is 270 g/mol. The van der Waals surface area contributed by atoms with Crippen molar-refractivity contribution in [2.75, 3.05) is 18.4 Å². The number of carbonyl (C=O) groups is 1. The zero-order valence-electron chi connectivity index (χ0n) is 8.09. The normalized spacial score (nSPS) is 15.8. The lowest BCUT2D eigenvalue weighted by atomic mass is 10.1. The van der Waals surface area contributed by atoms with Crippen molar-refractivity contribution in [3.05, 3.63) is 28.2 Å². The van der Waals surface area contributed by atoms with Gasteiger partial charge in [-0.1, -0.05) is 0 Å². The molecule has 5 heteroatoms. The van der Waals surface area contributed by atoms with Crippen LogP contribution >= 0.6 is 15.9 Å². The number of nitrogens with one attached hydrogen (secondary N) is 2. The van der Waals surface area contributed by atoms with E-state index in [-0.39, 0.29) is 0 Å². The van der Waals surface area contributed by atoms with E-state index in [4.69, 9.17) is 5.73 Å². The van der Waals surface area contributed by atoms with Crippen molar-refractivity contribution >= 4 is 27.5 Å². The summed E-state index contributed by atoms with van der Waals surface area (Å²) < 4.78 is 0.729. The largest absolute Gasteiger partial charge is 0.380 e. The highest BCUT2D eigenvalue weighted by Crippen LogP contribution is 2.22. The molecule has 1 aliphatic rings.